The minimum Gasteiger partial charge on any atom is -0.228 e. The number of hydrogen-bond acceptors (Lipinski definition) is 2. The number of halogens is 4. The normalized spacial score (nSPS) is 10.3. The summed E-state index contributed by atoms with van der Waals surface area (Å²) in [5, 5.41) is 9.56. The van der Waals surface area contributed by atoms with E-state index in [1.807, 2.05) is 6.07 Å². The minimum absolute atomic E-state index is 0.0470. The molecule has 19 heavy (non-hydrogen) atoms. The summed E-state index contributed by atoms with van der Waals surface area (Å²) in [6, 6.07) is 6.44. The number of benzene rings is 1. The van der Waals surface area contributed by atoms with Gasteiger partial charge in [0.2, 0.25) is 5.95 Å². The molecule has 0 aliphatic rings. The number of nitriles is 1. The summed E-state index contributed by atoms with van der Waals surface area (Å²) in [6.07, 6.45) is 1.35. The number of pyridine rings is 1. The molecule has 0 spiro atoms. The molecule has 0 aliphatic heterocycles. The Morgan fingerprint density at radius 1 is 1.16 bits per heavy atom. The van der Waals surface area contributed by atoms with Crippen LogP contribution >= 0.6 is 34.8 Å². The van der Waals surface area contributed by atoms with Gasteiger partial charge in [0.25, 0.3) is 0 Å². The molecule has 6 heteroatoms. The standard InChI is InChI=1S/C13H6Cl3FN2/c14-9-6-11(16)10(15)5-8(9)12-7(1-3-18)2-4-19-13(12)17/h2,4-6H,1H2. The van der Waals surface area contributed by atoms with Crippen LogP contribution in [0, 0.1) is 17.3 Å². The van der Waals surface area contributed by atoms with Crippen molar-refractivity contribution in [2.24, 2.45) is 0 Å². The SMILES string of the molecule is N#CCc1ccnc(F)c1-c1cc(Cl)c(Cl)cc1Cl. The van der Waals surface area contributed by atoms with Gasteiger partial charge < -0.3 is 0 Å². The van der Waals surface area contributed by atoms with E-state index >= 15 is 0 Å². The monoisotopic (exact) mass is 314 g/mol. The molecule has 2 nitrogen and oxygen atoms in total. The van der Waals surface area contributed by atoms with Crippen molar-refractivity contribution in [1.29, 1.82) is 5.26 Å². The summed E-state index contributed by atoms with van der Waals surface area (Å²) in [5.41, 5.74) is 1.04. The van der Waals surface area contributed by atoms with Crippen molar-refractivity contribution in [3.8, 4) is 17.2 Å². The van der Waals surface area contributed by atoms with Gasteiger partial charge in [-0.15, -0.1) is 0 Å². The first-order chi connectivity index (χ1) is 9.04. The quantitative estimate of drug-likeness (QED) is 0.583. The lowest BCUT2D eigenvalue weighted by molar-refractivity contribution is 0.586. The zero-order valence-corrected chi connectivity index (χ0v) is 11.7. The zero-order valence-electron chi connectivity index (χ0n) is 9.42. The third kappa shape index (κ3) is 2.82. The van der Waals surface area contributed by atoms with E-state index in [4.69, 9.17) is 40.1 Å². The first kappa shape index (κ1) is 14.1. The summed E-state index contributed by atoms with van der Waals surface area (Å²) in [5.74, 6) is -0.701. The van der Waals surface area contributed by atoms with Crippen molar-refractivity contribution >= 4 is 34.8 Å². The minimum atomic E-state index is -0.701. The lowest BCUT2D eigenvalue weighted by Gasteiger charge is -2.10. The number of nitrogens with zero attached hydrogens (tertiary/aromatic N) is 2. The van der Waals surface area contributed by atoms with Gasteiger partial charge in [-0.2, -0.15) is 9.65 Å². The summed E-state index contributed by atoms with van der Waals surface area (Å²) in [6.45, 7) is 0. The summed E-state index contributed by atoms with van der Waals surface area (Å²) in [4.78, 5) is 3.58. The molecule has 2 aromatic rings. The van der Waals surface area contributed by atoms with Crippen molar-refractivity contribution in [2.45, 2.75) is 6.42 Å². The molecule has 0 saturated carbocycles. The van der Waals surface area contributed by atoms with E-state index in [0.29, 0.717) is 11.1 Å². The summed E-state index contributed by atoms with van der Waals surface area (Å²) < 4.78 is 13.9. The molecule has 0 aliphatic carbocycles. The highest BCUT2D eigenvalue weighted by molar-refractivity contribution is 6.44. The number of aromatic nitrogens is 1. The number of hydrogen-bond donors (Lipinski definition) is 0. The highest BCUT2D eigenvalue weighted by Gasteiger charge is 2.16. The average Bonchev–Trinajstić information content (AvgIpc) is 2.35. The van der Waals surface area contributed by atoms with Crippen molar-refractivity contribution in [3.63, 3.8) is 0 Å². The molecule has 0 saturated heterocycles. The maximum atomic E-state index is 13.9. The second-order valence-electron chi connectivity index (χ2n) is 3.72. The van der Waals surface area contributed by atoms with Crippen LogP contribution in [0.4, 0.5) is 4.39 Å². The van der Waals surface area contributed by atoms with Gasteiger partial charge in [-0.05, 0) is 23.8 Å². The third-order valence-electron chi connectivity index (χ3n) is 2.54. The van der Waals surface area contributed by atoms with E-state index in [1.165, 1.54) is 18.3 Å². The van der Waals surface area contributed by atoms with Gasteiger partial charge in [-0.25, -0.2) is 4.98 Å². The van der Waals surface area contributed by atoms with Crippen LogP contribution in [-0.4, -0.2) is 4.98 Å². The van der Waals surface area contributed by atoms with Crippen molar-refractivity contribution in [3.05, 3.63) is 51.0 Å². The zero-order chi connectivity index (χ0) is 14.0. The Kier molecular flexibility index (Phi) is 4.26. The lowest BCUT2D eigenvalue weighted by atomic mass is 10.00. The molecule has 1 aromatic heterocycles. The fraction of sp³-hybridized carbons (Fsp3) is 0.0769. The van der Waals surface area contributed by atoms with Crippen LogP contribution in [0.1, 0.15) is 5.56 Å². The summed E-state index contributed by atoms with van der Waals surface area (Å²) >= 11 is 17.8. The van der Waals surface area contributed by atoms with Gasteiger partial charge in [-0.3, -0.25) is 0 Å². The Labute approximate surface area is 124 Å². The Morgan fingerprint density at radius 2 is 1.84 bits per heavy atom. The van der Waals surface area contributed by atoms with E-state index < -0.39 is 5.95 Å². The van der Waals surface area contributed by atoms with E-state index in [-0.39, 0.29) is 27.1 Å². The van der Waals surface area contributed by atoms with E-state index in [2.05, 4.69) is 4.98 Å². The molecule has 2 rings (SSSR count). The van der Waals surface area contributed by atoms with Gasteiger partial charge >= 0.3 is 0 Å². The first-order valence-corrected chi connectivity index (χ1v) is 6.33. The van der Waals surface area contributed by atoms with Crippen LogP contribution in [0.5, 0.6) is 0 Å². The molecule has 1 heterocycles. The van der Waals surface area contributed by atoms with Crippen LogP contribution < -0.4 is 0 Å². The van der Waals surface area contributed by atoms with Gasteiger partial charge in [0.15, 0.2) is 0 Å². The van der Waals surface area contributed by atoms with Crippen LogP contribution in [-0.2, 0) is 6.42 Å². The molecule has 0 bridgehead atoms. The Hall–Kier alpha value is -1.34. The maximum Gasteiger partial charge on any atom is 0.221 e. The van der Waals surface area contributed by atoms with Gasteiger partial charge in [-0.1, -0.05) is 34.8 Å². The van der Waals surface area contributed by atoms with Crippen molar-refractivity contribution < 1.29 is 4.39 Å². The fourth-order valence-corrected chi connectivity index (χ4v) is 2.35. The van der Waals surface area contributed by atoms with Crippen molar-refractivity contribution in [1.82, 2.24) is 4.98 Å². The third-order valence-corrected chi connectivity index (χ3v) is 3.57. The summed E-state index contributed by atoms with van der Waals surface area (Å²) in [7, 11) is 0. The molecule has 0 N–H and O–H groups in total. The van der Waals surface area contributed by atoms with E-state index in [9.17, 15) is 4.39 Å². The highest BCUT2D eigenvalue weighted by Crippen LogP contribution is 2.37. The molecule has 1 aromatic carbocycles. The second kappa shape index (κ2) is 5.75. The van der Waals surface area contributed by atoms with Crippen LogP contribution in [0.15, 0.2) is 24.4 Å². The van der Waals surface area contributed by atoms with E-state index in [1.54, 1.807) is 6.07 Å². The Balaban J connectivity index is 2.72. The Bertz CT molecular complexity index is 680. The average molecular weight is 316 g/mol. The number of rotatable bonds is 2. The first-order valence-electron chi connectivity index (χ1n) is 5.20. The van der Waals surface area contributed by atoms with Gasteiger partial charge in [0.1, 0.15) is 0 Å². The fourth-order valence-electron chi connectivity index (χ4n) is 1.70. The molecular formula is C13H6Cl3FN2. The van der Waals surface area contributed by atoms with Gasteiger partial charge in [0.05, 0.1) is 27.6 Å². The highest BCUT2D eigenvalue weighted by atomic mass is 35.5. The van der Waals surface area contributed by atoms with Gasteiger partial charge in [0, 0.05) is 17.3 Å². The second-order valence-corrected chi connectivity index (χ2v) is 4.94. The maximum absolute atomic E-state index is 13.9. The van der Waals surface area contributed by atoms with Crippen molar-refractivity contribution in [2.75, 3.05) is 0 Å². The molecule has 0 unspecified atom stereocenters. The van der Waals surface area contributed by atoms with E-state index in [0.717, 1.165) is 0 Å². The molecule has 0 radical (unpaired) electrons. The van der Waals surface area contributed by atoms with Crippen LogP contribution in [0.3, 0.4) is 0 Å². The molecule has 96 valence electrons. The predicted molar refractivity (Wildman–Crippen MR) is 74.0 cm³/mol. The molecule has 0 atom stereocenters. The molecular weight excluding hydrogens is 310 g/mol. The molecule has 0 amide bonds. The molecule has 0 fully saturated rings. The lowest BCUT2D eigenvalue weighted by Crippen LogP contribution is -1.96. The van der Waals surface area contributed by atoms with Crippen LogP contribution in [0.2, 0.25) is 15.1 Å². The Morgan fingerprint density at radius 3 is 2.53 bits per heavy atom. The largest absolute Gasteiger partial charge is 0.228 e. The van der Waals surface area contributed by atoms with Crippen LogP contribution in [0.25, 0.3) is 11.1 Å². The smallest absolute Gasteiger partial charge is 0.221 e. The predicted octanol–water partition coefficient (Wildman–Crippen LogP) is 4.91. The topological polar surface area (TPSA) is 36.7 Å².